The molecule has 25 heavy (non-hydrogen) atoms. The molecule has 1 N–H and O–H groups in total. The second-order valence-electron chi connectivity index (χ2n) is 5.45. The van der Waals surface area contributed by atoms with E-state index in [2.05, 4.69) is 22.4 Å². The number of benzene rings is 1. The quantitative estimate of drug-likeness (QED) is 0.557. The van der Waals surface area contributed by atoms with Crippen molar-refractivity contribution in [3.8, 4) is 0 Å². The zero-order valence-corrected chi connectivity index (χ0v) is 16.5. The van der Waals surface area contributed by atoms with Crippen LogP contribution in [-0.4, -0.2) is 27.6 Å². The van der Waals surface area contributed by atoms with E-state index in [4.69, 9.17) is 4.42 Å². The molecule has 132 valence electrons. The molecule has 3 aromatic rings. The lowest BCUT2D eigenvalue weighted by Gasteiger charge is -2.10. The van der Waals surface area contributed by atoms with Crippen LogP contribution in [0.2, 0.25) is 0 Å². The number of furan rings is 1. The molecule has 0 aliphatic rings. The zero-order valence-electron chi connectivity index (χ0n) is 14.0. The maximum atomic E-state index is 12.2. The molecule has 0 bridgehead atoms. The minimum atomic E-state index is -0.175. The van der Waals surface area contributed by atoms with Gasteiger partial charge in [0.25, 0.3) is 0 Å². The number of para-hydroxylation sites is 1. The Morgan fingerprint density at radius 3 is 2.80 bits per heavy atom. The molecule has 0 radical (unpaired) electrons. The van der Waals surface area contributed by atoms with E-state index in [9.17, 15) is 4.79 Å². The van der Waals surface area contributed by atoms with Crippen molar-refractivity contribution >= 4 is 51.7 Å². The van der Waals surface area contributed by atoms with Crippen LogP contribution < -0.4 is 5.32 Å². The maximum absolute atomic E-state index is 12.2. The number of carbonyl (C=O) groups excluding carboxylic acids is 1. The Hall–Kier alpha value is -1.51. The first kappa shape index (κ1) is 18.3. The van der Waals surface area contributed by atoms with Crippen molar-refractivity contribution in [1.29, 1.82) is 0 Å². The first-order valence-electron chi connectivity index (χ1n) is 8.02. The fraction of sp³-hybridized carbons (Fsp3) is 0.353. The minimum absolute atomic E-state index is 0.0454. The van der Waals surface area contributed by atoms with Gasteiger partial charge in [-0.3, -0.25) is 4.79 Å². The fourth-order valence-corrected chi connectivity index (χ4v) is 4.96. The van der Waals surface area contributed by atoms with E-state index in [1.165, 1.54) is 23.1 Å². The summed E-state index contributed by atoms with van der Waals surface area (Å²) in [6.07, 6.45) is 1.11. The molecule has 0 aliphatic heterocycles. The average molecular weight is 394 g/mol. The van der Waals surface area contributed by atoms with Gasteiger partial charge in [0, 0.05) is 11.1 Å². The molecule has 1 aromatic carbocycles. The zero-order chi connectivity index (χ0) is 17.6. The van der Waals surface area contributed by atoms with E-state index in [1.54, 1.807) is 11.8 Å². The normalized spacial score (nSPS) is 12.4. The number of aromatic nitrogens is 2. The smallest absolute Gasteiger partial charge is 0.231 e. The van der Waals surface area contributed by atoms with Crippen molar-refractivity contribution in [2.75, 3.05) is 11.5 Å². The summed E-state index contributed by atoms with van der Waals surface area (Å²) in [6, 6.07) is 9.62. The summed E-state index contributed by atoms with van der Waals surface area (Å²) in [7, 11) is 0. The Labute approximate surface area is 159 Å². The maximum Gasteiger partial charge on any atom is 0.231 e. The van der Waals surface area contributed by atoms with Crippen molar-refractivity contribution in [2.45, 2.75) is 35.0 Å². The summed E-state index contributed by atoms with van der Waals surface area (Å²) >= 11 is 4.66. The molecule has 0 fully saturated rings. The predicted octanol–water partition coefficient (Wildman–Crippen LogP) is 4.76. The Morgan fingerprint density at radius 2 is 2.04 bits per heavy atom. The van der Waals surface area contributed by atoms with Gasteiger partial charge in [0.05, 0.1) is 11.8 Å². The number of thioether (sulfide) groups is 2. The molecule has 1 amide bonds. The Bertz CT molecular complexity index is 813. The molecule has 1 atom stereocenters. The number of nitrogens with one attached hydrogen (secondary N) is 1. The van der Waals surface area contributed by atoms with Crippen LogP contribution in [0.4, 0.5) is 0 Å². The van der Waals surface area contributed by atoms with Crippen LogP contribution in [0.25, 0.3) is 11.0 Å². The summed E-state index contributed by atoms with van der Waals surface area (Å²) in [4.78, 5) is 12.2. The Balaban J connectivity index is 1.50. The largest absolute Gasteiger partial charge is 0.459 e. The topological polar surface area (TPSA) is 68.0 Å². The fourth-order valence-electron chi connectivity index (χ4n) is 2.20. The van der Waals surface area contributed by atoms with Crippen LogP contribution in [0, 0.1) is 0 Å². The van der Waals surface area contributed by atoms with E-state index in [1.807, 2.05) is 37.3 Å². The van der Waals surface area contributed by atoms with Gasteiger partial charge in [0.15, 0.2) is 8.68 Å². The third kappa shape index (κ3) is 4.99. The second kappa shape index (κ2) is 8.73. The van der Waals surface area contributed by atoms with E-state index >= 15 is 0 Å². The van der Waals surface area contributed by atoms with E-state index in [0.717, 1.165) is 37.6 Å². The molecule has 8 heteroatoms. The highest BCUT2D eigenvalue weighted by Crippen LogP contribution is 2.29. The van der Waals surface area contributed by atoms with Crippen LogP contribution in [0.15, 0.2) is 43.4 Å². The molecule has 0 saturated heterocycles. The van der Waals surface area contributed by atoms with Crippen molar-refractivity contribution in [3.05, 3.63) is 36.1 Å². The number of fused-ring (bicyclic) bond motifs is 1. The summed E-state index contributed by atoms with van der Waals surface area (Å²) in [5.74, 6) is 2.07. The number of rotatable bonds is 8. The molecule has 0 unspecified atom stereocenters. The third-order valence-electron chi connectivity index (χ3n) is 3.39. The molecule has 3 rings (SSSR count). The van der Waals surface area contributed by atoms with E-state index in [-0.39, 0.29) is 11.9 Å². The molecular formula is C17H19N3O2S3. The molecule has 2 heterocycles. The Morgan fingerprint density at radius 1 is 1.28 bits per heavy atom. The second-order valence-corrected chi connectivity index (χ2v) is 8.99. The number of hydrogen-bond acceptors (Lipinski definition) is 7. The highest BCUT2D eigenvalue weighted by molar-refractivity contribution is 8.03. The standard InChI is InChI=1S/C17H19N3O2S3/c1-3-8-23-16-19-20-17(25-16)24-10-15(21)18-11(2)14-9-12-6-4-5-7-13(12)22-14/h4-7,9,11H,3,8,10H2,1-2H3,(H,18,21)/t11-/m0/s1. The third-order valence-corrected chi connectivity index (χ3v) is 6.79. The summed E-state index contributed by atoms with van der Waals surface area (Å²) in [6.45, 7) is 4.06. The van der Waals surface area contributed by atoms with Crippen molar-refractivity contribution in [2.24, 2.45) is 0 Å². The van der Waals surface area contributed by atoms with Crippen molar-refractivity contribution in [3.63, 3.8) is 0 Å². The molecule has 2 aromatic heterocycles. The molecule has 0 spiro atoms. The summed E-state index contributed by atoms with van der Waals surface area (Å²) in [5.41, 5.74) is 0.832. The van der Waals surface area contributed by atoms with Gasteiger partial charge < -0.3 is 9.73 Å². The number of carbonyl (C=O) groups is 1. The van der Waals surface area contributed by atoms with E-state index < -0.39 is 0 Å². The minimum Gasteiger partial charge on any atom is -0.459 e. The molecule has 0 saturated carbocycles. The van der Waals surface area contributed by atoms with Crippen LogP contribution in [-0.2, 0) is 4.79 Å². The SMILES string of the molecule is CCCSc1nnc(SCC(=O)N[C@@H](C)c2cc3ccccc3o2)s1. The van der Waals surface area contributed by atoms with Crippen LogP contribution in [0.1, 0.15) is 32.1 Å². The highest BCUT2D eigenvalue weighted by atomic mass is 32.2. The first-order valence-corrected chi connectivity index (χ1v) is 10.8. The van der Waals surface area contributed by atoms with E-state index in [0.29, 0.717) is 5.75 Å². The van der Waals surface area contributed by atoms with Gasteiger partial charge in [0.1, 0.15) is 11.3 Å². The monoisotopic (exact) mass is 393 g/mol. The number of nitrogens with zero attached hydrogens (tertiary/aromatic N) is 2. The lowest BCUT2D eigenvalue weighted by molar-refractivity contribution is -0.119. The lowest BCUT2D eigenvalue weighted by Crippen LogP contribution is -2.27. The van der Waals surface area contributed by atoms with Crippen molar-refractivity contribution < 1.29 is 9.21 Å². The predicted molar refractivity (Wildman–Crippen MR) is 104 cm³/mol. The van der Waals surface area contributed by atoms with Gasteiger partial charge in [-0.05, 0) is 25.5 Å². The van der Waals surface area contributed by atoms with Gasteiger partial charge in [-0.1, -0.05) is 60.0 Å². The summed E-state index contributed by atoms with van der Waals surface area (Å²) < 4.78 is 7.57. The molecule has 0 aliphatic carbocycles. The van der Waals surface area contributed by atoms with Crippen molar-refractivity contribution in [1.82, 2.24) is 15.5 Å². The van der Waals surface area contributed by atoms with Crippen LogP contribution >= 0.6 is 34.9 Å². The molecular weight excluding hydrogens is 374 g/mol. The number of amides is 1. The van der Waals surface area contributed by atoms with Gasteiger partial charge in [0.2, 0.25) is 5.91 Å². The van der Waals surface area contributed by atoms with Crippen LogP contribution in [0.5, 0.6) is 0 Å². The Kier molecular flexibility index (Phi) is 6.39. The highest BCUT2D eigenvalue weighted by Gasteiger charge is 2.15. The van der Waals surface area contributed by atoms with Gasteiger partial charge in [-0.25, -0.2) is 0 Å². The van der Waals surface area contributed by atoms with Gasteiger partial charge >= 0.3 is 0 Å². The number of hydrogen-bond donors (Lipinski definition) is 1. The lowest BCUT2D eigenvalue weighted by atomic mass is 10.2. The summed E-state index contributed by atoms with van der Waals surface area (Å²) in [5, 5.41) is 12.3. The first-order chi connectivity index (χ1) is 12.2. The van der Waals surface area contributed by atoms with Gasteiger partial charge in [-0.15, -0.1) is 10.2 Å². The van der Waals surface area contributed by atoms with Crippen LogP contribution in [0.3, 0.4) is 0 Å². The van der Waals surface area contributed by atoms with Gasteiger partial charge in [-0.2, -0.15) is 0 Å². The average Bonchev–Trinajstić information content (AvgIpc) is 3.24. The molecule has 5 nitrogen and oxygen atoms in total.